The van der Waals surface area contributed by atoms with Gasteiger partial charge in [-0.25, -0.2) is 8.78 Å². The first-order valence-electron chi connectivity index (χ1n) is 11.7. The molecule has 0 nitrogen and oxygen atoms in total. The zero-order chi connectivity index (χ0) is 19.6. The first kappa shape index (κ1) is 21.5. The highest BCUT2D eigenvalue weighted by atomic mass is 19.1. The fourth-order valence-electron chi connectivity index (χ4n) is 5.56. The van der Waals surface area contributed by atoms with E-state index in [4.69, 9.17) is 0 Å². The van der Waals surface area contributed by atoms with Gasteiger partial charge in [-0.05, 0) is 79.9 Å². The third-order valence-electron chi connectivity index (χ3n) is 7.46. The predicted octanol–water partition coefficient (Wildman–Crippen LogP) is 8.73. The first-order valence-corrected chi connectivity index (χ1v) is 11.7. The molecule has 0 heterocycles. The van der Waals surface area contributed by atoms with Crippen LogP contribution in [0.1, 0.15) is 101 Å². The summed E-state index contributed by atoms with van der Waals surface area (Å²) in [4.78, 5) is 0. The molecule has 0 N–H and O–H groups in total. The van der Waals surface area contributed by atoms with Gasteiger partial charge in [0.15, 0.2) is 0 Å². The molecule has 1 aromatic rings. The highest BCUT2D eigenvalue weighted by molar-refractivity contribution is 5.20. The molecule has 0 unspecified atom stereocenters. The van der Waals surface area contributed by atoms with Gasteiger partial charge in [0.1, 0.15) is 5.82 Å². The average molecular weight is 389 g/mol. The van der Waals surface area contributed by atoms with Crippen LogP contribution in [0.15, 0.2) is 36.7 Å². The van der Waals surface area contributed by atoms with Crippen molar-refractivity contribution in [3.63, 3.8) is 0 Å². The van der Waals surface area contributed by atoms with E-state index in [-0.39, 0.29) is 5.82 Å². The summed E-state index contributed by atoms with van der Waals surface area (Å²) in [5.41, 5.74) is 1.33. The molecule has 156 valence electrons. The molecule has 28 heavy (non-hydrogen) atoms. The number of hydrogen-bond donors (Lipinski definition) is 0. The number of unbranched alkanes of at least 4 members (excludes halogenated alkanes) is 2. The summed E-state index contributed by atoms with van der Waals surface area (Å²) < 4.78 is 25.1. The molecule has 0 aliphatic heterocycles. The van der Waals surface area contributed by atoms with Crippen LogP contribution in [0.2, 0.25) is 0 Å². The molecule has 2 aliphatic carbocycles. The molecule has 0 saturated heterocycles. The van der Waals surface area contributed by atoms with E-state index in [1.807, 2.05) is 12.1 Å². The van der Waals surface area contributed by atoms with Gasteiger partial charge in [-0.1, -0.05) is 69.6 Å². The summed E-state index contributed by atoms with van der Waals surface area (Å²) in [6, 6.07) is 7.19. The molecule has 1 aromatic carbocycles. The third-order valence-corrected chi connectivity index (χ3v) is 7.46. The number of allylic oxidation sites excluding steroid dienone is 1. The summed E-state index contributed by atoms with van der Waals surface area (Å²) in [5.74, 6) is 3.32. The zero-order valence-electron chi connectivity index (χ0n) is 17.4. The van der Waals surface area contributed by atoms with Crippen molar-refractivity contribution in [3.8, 4) is 0 Å². The van der Waals surface area contributed by atoms with Gasteiger partial charge in [0.25, 0.3) is 0 Å². The van der Waals surface area contributed by atoms with Crippen LogP contribution in [0, 0.1) is 23.6 Å². The number of rotatable bonds is 9. The van der Waals surface area contributed by atoms with Crippen LogP contribution in [0.3, 0.4) is 0 Å². The Bertz CT molecular complexity index is 561. The van der Waals surface area contributed by atoms with Gasteiger partial charge in [-0.15, -0.1) is 0 Å². The molecular formula is C26H38F2. The van der Waals surface area contributed by atoms with Crippen LogP contribution in [-0.4, -0.2) is 0 Å². The summed E-state index contributed by atoms with van der Waals surface area (Å²) in [5, 5.41) is 0. The SMILES string of the molecule is F/C=C/CCCC[C@H]1CC[C@H](CC[C@H]2CC[C@H](c3ccc(F)cc3)CC2)CC1. The zero-order valence-corrected chi connectivity index (χ0v) is 17.4. The van der Waals surface area contributed by atoms with Crippen molar-refractivity contribution >= 4 is 0 Å². The third kappa shape index (κ3) is 7.01. The van der Waals surface area contributed by atoms with Crippen molar-refractivity contribution in [1.29, 1.82) is 0 Å². The second-order valence-electron chi connectivity index (χ2n) is 9.38. The van der Waals surface area contributed by atoms with E-state index in [9.17, 15) is 8.78 Å². The Morgan fingerprint density at radius 3 is 1.82 bits per heavy atom. The van der Waals surface area contributed by atoms with Gasteiger partial charge < -0.3 is 0 Å². The molecule has 0 spiro atoms. The van der Waals surface area contributed by atoms with Crippen molar-refractivity contribution in [2.24, 2.45) is 17.8 Å². The van der Waals surface area contributed by atoms with Gasteiger partial charge in [0.2, 0.25) is 0 Å². The van der Waals surface area contributed by atoms with Crippen LogP contribution < -0.4 is 0 Å². The Balaban J connectivity index is 1.26. The average Bonchev–Trinajstić information content (AvgIpc) is 2.74. The van der Waals surface area contributed by atoms with E-state index < -0.39 is 0 Å². The van der Waals surface area contributed by atoms with E-state index in [0.29, 0.717) is 12.2 Å². The van der Waals surface area contributed by atoms with Crippen LogP contribution in [0.4, 0.5) is 8.78 Å². The van der Waals surface area contributed by atoms with Crippen molar-refractivity contribution in [2.75, 3.05) is 0 Å². The molecule has 2 fully saturated rings. The molecule has 0 atom stereocenters. The smallest absolute Gasteiger partial charge is 0.123 e. The quantitative estimate of drug-likeness (QED) is 0.371. The van der Waals surface area contributed by atoms with E-state index in [1.54, 1.807) is 18.2 Å². The largest absolute Gasteiger partial charge is 0.216 e. The molecule has 3 rings (SSSR count). The van der Waals surface area contributed by atoms with E-state index >= 15 is 0 Å². The van der Waals surface area contributed by atoms with Crippen molar-refractivity contribution in [3.05, 3.63) is 48.1 Å². The molecule has 0 amide bonds. The van der Waals surface area contributed by atoms with Crippen molar-refractivity contribution < 1.29 is 8.78 Å². The summed E-state index contributed by atoms with van der Waals surface area (Å²) in [7, 11) is 0. The fourth-order valence-corrected chi connectivity index (χ4v) is 5.56. The highest BCUT2D eigenvalue weighted by Crippen LogP contribution is 2.40. The Kier molecular flexibility index (Phi) is 9.02. The lowest BCUT2D eigenvalue weighted by molar-refractivity contribution is 0.222. The lowest BCUT2D eigenvalue weighted by atomic mass is 9.74. The maximum absolute atomic E-state index is 13.1. The number of benzene rings is 1. The fraction of sp³-hybridized carbons (Fsp3) is 0.692. The molecule has 0 radical (unpaired) electrons. The predicted molar refractivity (Wildman–Crippen MR) is 114 cm³/mol. The number of hydrogen-bond acceptors (Lipinski definition) is 0. The van der Waals surface area contributed by atoms with Gasteiger partial charge in [0.05, 0.1) is 6.33 Å². The van der Waals surface area contributed by atoms with Crippen LogP contribution in [0.25, 0.3) is 0 Å². The van der Waals surface area contributed by atoms with Gasteiger partial charge in [0, 0.05) is 0 Å². The van der Waals surface area contributed by atoms with Gasteiger partial charge in [-0.2, -0.15) is 0 Å². The molecule has 2 heteroatoms. The second-order valence-corrected chi connectivity index (χ2v) is 9.38. The van der Waals surface area contributed by atoms with Crippen LogP contribution in [0.5, 0.6) is 0 Å². The maximum Gasteiger partial charge on any atom is 0.123 e. The van der Waals surface area contributed by atoms with Gasteiger partial charge >= 0.3 is 0 Å². The molecule has 2 saturated carbocycles. The first-order chi connectivity index (χ1) is 13.7. The minimum Gasteiger partial charge on any atom is -0.216 e. The normalized spacial score (nSPS) is 28.6. The monoisotopic (exact) mass is 388 g/mol. The van der Waals surface area contributed by atoms with Crippen molar-refractivity contribution in [1.82, 2.24) is 0 Å². The topological polar surface area (TPSA) is 0 Å². The lowest BCUT2D eigenvalue weighted by Crippen LogP contribution is -2.17. The summed E-state index contributed by atoms with van der Waals surface area (Å²) >= 11 is 0. The Hall–Kier alpha value is -1.18. The maximum atomic E-state index is 13.1. The van der Waals surface area contributed by atoms with Crippen LogP contribution >= 0.6 is 0 Å². The Labute approximate surface area is 170 Å². The summed E-state index contributed by atoms with van der Waals surface area (Å²) in [6.07, 6.45) is 20.8. The molecule has 0 aromatic heterocycles. The Morgan fingerprint density at radius 1 is 0.714 bits per heavy atom. The minimum absolute atomic E-state index is 0.124. The standard InChI is InChI=1S/C26H38F2/c27-20-4-2-1-3-5-21-6-8-22(9-7-21)10-11-23-12-14-24(15-13-23)25-16-18-26(28)19-17-25/h4,16-24H,1-3,5-15H2/b20-4+/t21-,22-,23-,24-. The summed E-state index contributed by atoms with van der Waals surface area (Å²) in [6.45, 7) is 0. The van der Waals surface area contributed by atoms with E-state index in [1.165, 1.54) is 82.6 Å². The Morgan fingerprint density at radius 2 is 1.25 bits per heavy atom. The molecular weight excluding hydrogens is 350 g/mol. The lowest BCUT2D eigenvalue weighted by Gasteiger charge is -2.32. The van der Waals surface area contributed by atoms with Crippen LogP contribution in [-0.2, 0) is 0 Å². The van der Waals surface area contributed by atoms with Crippen molar-refractivity contribution in [2.45, 2.75) is 95.8 Å². The minimum atomic E-state index is -0.124. The second kappa shape index (κ2) is 11.7. The molecule has 2 aliphatic rings. The highest BCUT2D eigenvalue weighted by Gasteiger charge is 2.25. The van der Waals surface area contributed by atoms with E-state index in [2.05, 4.69) is 0 Å². The van der Waals surface area contributed by atoms with Gasteiger partial charge in [-0.3, -0.25) is 0 Å². The molecule has 0 bridgehead atoms. The number of halogens is 2. The van der Waals surface area contributed by atoms with E-state index in [0.717, 1.165) is 30.6 Å².